The molecule has 2 aromatic heterocycles. The molecule has 1 atom stereocenters. The highest BCUT2D eigenvalue weighted by atomic mass is 16.6. The van der Waals surface area contributed by atoms with Crippen LogP contribution in [0.4, 0.5) is 10.5 Å². The van der Waals surface area contributed by atoms with Gasteiger partial charge >= 0.3 is 6.09 Å². The summed E-state index contributed by atoms with van der Waals surface area (Å²) < 4.78 is 18.7. The van der Waals surface area contributed by atoms with Crippen molar-refractivity contribution in [3.8, 4) is 6.07 Å². The van der Waals surface area contributed by atoms with E-state index in [4.69, 9.17) is 14.2 Å². The molecular formula is C31H40N6O4. The number of nitrogens with zero attached hydrogens (tertiary/aromatic N) is 6. The number of aromatic nitrogens is 2. The van der Waals surface area contributed by atoms with Crippen LogP contribution in [0.5, 0.6) is 0 Å². The van der Waals surface area contributed by atoms with E-state index in [2.05, 4.69) is 53.0 Å². The second-order valence-electron chi connectivity index (χ2n) is 11.9. The zero-order valence-electron chi connectivity index (χ0n) is 24.3. The van der Waals surface area contributed by atoms with Gasteiger partial charge in [0.05, 0.1) is 36.1 Å². The van der Waals surface area contributed by atoms with Gasteiger partial charge in [-0.2, -0.15) is 10.4 Å². The lowest BCUT2D eigenvalue weighted by Gasteiger charge is -2.46. The third-order valence-electron chi connectivity index (χ3n) is 9.39. The van der Waals surface area contributed by atoms with E-state index in [0.717, 1.165) is 53.8 Å². The highest BCUT2D eigenvalue weighted by Crippen LogP contribution is 2.42. The summed E-state index contributed by atoms with van der Waals surface area (Å²) in [4.78, 5) is 19.0. The molecule has 10 nitrogen and oxygen atoms in total. The third-order valence-corrected chi connectivity index (χ3v) is 9.39. The lowest BCUT2D eigenvalue weighted by Crippen LogP contribution is -2.51. The van der Waals surface area contributed by atoms with Gasteiger partial charge in [-0.05, 0) is 50.8 Å². The summed E-state index contributed by atoms with van der Waals surface area (Å²) in [6.07, 6.45) is 10.4. The fourth-order valence-corrected chi connectivity index (χ4v) is 6.64. The molecule has 0 saturated carbocycles. The number of carbonyl (C=O) groups excluding carboxylic acids is 1. The van der Waals surface area contributed by atoms with Crippen LogP contribution in [0.1, 0.15) is 38.7 Å². The molecule has 0 aromatic carbocycles. The first-order chi connectivity index (χ1) is 19.9. The predicted molar refractivity (Wildman–Crippen MR) is 156 cm³/mol. The topological polar surface area (TPSA) is 95.6 Å². The fourth-order valence-electron chi connectivity index (χ4n) is 6.64. The number of nitriles is 1. The summed E-state index contributed by atoms with van der Waals surface area (Å²) in [5.74, 6) is 0.172. The standard InChI is InChI=1S/C31H40N6O4/c1-22(2)34-10-7-31(39-3,8-11-34)25-4-5-27(23(16-25)18-32)24-17-29-28(6-9-33-37(29)19-24)35-12-14-36(15-13-35)30(38)41-26-20-40-21-26/h4-6,9,17,19,22,25-26H,7-8,10-16,20-21H2,1-3H3. The van der Waals surface area contributed by atoms with Crippen molar-refractivity contribution >= 4 is 22.9 Å². The molecule has 0 radical (unpaired) electrons. The van der Waals surface area contributed by atoms with Gasteiger partial charge in [0.1, 0.15) is 0 Å². The number of hydrogen-bond donors (Lipinski definition) is 0. The predicted octanol–water partition coefficient (Wildman–Crippen LogP) is 3.73. The van der Waals surface area contributed by atoms with Crippen molar-refractivity contribution in [3.63, 3.8) is 0 Å². The van der Waals surface area contributed by atoms with Gasteiger partial charge in [0.2, 0.25) is 0 Å². The highest BCUT2D eigenvalue weighted by Gasteiger charge is 2.42. The number of allylic oxidation sites excluding steroid dienone is 3. The second-order valence-corrected chi connectivity index (χ2v) is 11.9. The molecular weight excluding hydrogens is 520 g/mol. The SMILES string of the molecule is COC1(C2C=CC(c3cc4c(N5CCN(C(=O)OC6COC6)CC5)ccnn4c3)=C(C#N)C2)CCN(C(C)C)CC1. The molecule has 1 amide bonds. The van der Waals surface area contributed by atoms with Crippen LogP contribution >= 0.6 is 0 Å². The summed E-state index contributed by atoms with van der Waals surface area (Å²) in [5, 5.41) is 14.8. The number of anilines is 1. The lowest BCUT2D eigenvalue weighted by atomic mass is 9.73. The third kappa shape index (κ3) is 5.34. The molecule has 10 heteroatoms. The number of amides is 1. The van der Waals surface area contributed by atoms with Crippen molar-refractivity contribution < 1.29 is 19.0 Å². The van der Waals surface area contributed by atoms with Gasteiger partial charge in [0.25, 0.3) is 0 Å². The van der Waals surface area contributed by atoms with Gasteiger partial charge in [-0.15, -0.1) is 0 Å². The van der Waals surface area contributed by atoms with Crippen LogP contribution in [0, 0.1) is 17.2 Å². The Bertz CT molecular complexity index is 1370. The van der Waals surface area contributed by atoms with Gasteiger partial charge in [-0.1, -0.05) is 12.2 Å². The van der Waals surface area contributed by atoms with Crippen molar-refractivity contribution in [2.75, 3.05) is 64.5 Å². The van der Waals surface area contributed by atoms with Crippen LogP contribution < -0.4 is 4.90 Å². The Kier molecular flexibility index (Phi) is 7.77. The van der Waals surface area contributed by atoms with Gasteiger partial charge < -0.3 is 28.9 Å². The van der Waals surface area contributed by atoms with Gasteiger partial charge in [0.15, 0.2) is 6.10 Å². The van der Waals surface area contributed by atoms with Crippen LogP contribution in [0.25, 0.3) is 11.1 Å². The lowest BCUT2D eigenvalue weighted by molar-refractivity contribution is -0.104. The summed E-state index contributed by atoms with van der Waals surface area (Å²) in [7, 11) is 1.82. The van der Waals surface area contributed by atoms with Crippen LogP contribution in [0.2, 0.25) is 0 Å². The molecule has 3 aliphatic heterocycles. The van der Waals surface area contributed by atoms with Crippen molar-refractivity contribution in [1.29, 1.82) is 5.26 Å². The maximum Gasteiger partial charge on any atom is 0.410 e. The average Bonchev–Trinajstić information content (AvgIpc) is 3.43. The summed E-state index contributed by atoms with van der Waals surface area (Å²) in [6.45, 7) is 10.1. The summed E-state index contributed by atoms with van der Waals surface area (Å²) >= 11 is 0. The molecule has 0 spiro atoms. The number of hydrogen-bond acceptors (Lipinski definition) is 8. The van der Waals surface area contributed by atoms with E-state index in [1.807, 2.05) is 30.1 Å². The first-order valence-electron chi connectivity index (χ1n) is 14.8. The Hall–Kier alpha value is -3.39. The fraction of sp³-hybridized carbons (Fsp3) is 0.581. The zero-order chi connectivity index (χ0) is 28.6. The molecule has 6 rings (SSSR count). The number of ether oxygens (including phenoxy) is 3. The number of piperazine rings is 1. The van der Waals surface area contributed by atoms with E-state index in [1.54, 1.807) is 4.90 Å². The van der Waals surface area contributed by atoms with Gasteiger partial charge in [0, 0.05) is 81.9 Å². The van der Waals surface area contributed by atoms with Gasteiger partial charge in [-0.3, -0.25) is 0 Å². The smallest absolute Gasteiger partial charge is 0.410 e. The van der Waals surface area contributed by atoms with E-state index in [-0.39, 0.29) is 23.7 Å². The Morgan fingerprint density at radius 2 is 1.93 bits per heavy atom. The number of likely N-dealkylation sites (tertiary alicyclic amines) is 1. The number of methoxy groups -OCH3 is 1. The van der Waals surface area contributed by atoms with E-state index >= 15 is 0 Å². The molecule has 3 fully saturated rings. The molecule has 1 aliphatic carbocycles. The largest absolute Gasteiger partial charge is 0.441 e. The second kappa shape index (κ2) is 11.5. The number of carbonyl (C=O) groups is 1. The first kappa shape index (κ1) is 27.8. The van der Waals surface area contributed by atoms with E-state index < -0.39 is 0 Å². The van der Waals surface area contributed by atoms with E-state index in [9.17, 15) is 10.1 Å². The van der Waals surface area contributed by atoms with Crippen LogP contribution in [0.3, 0.4) is 0 Å². The summed E-state index contributed by atoms with van der Waals surface area (Å²) in [6, 6.07) is 7.20. The van der Waals surface area contributed by atoms with Crippen molar-refractivity contribution in [3.05, 3.63) is 47.8 Å². The maximum atomic E-state index is 12.5. The Morgan fingerprint density at radius 1 is 1.17 bits per heavy atom. The first-order valence-corrected chi connectivity index (χ1v) is 14.8. The molecule has 4 aliphatic rings. The average molecular weight is 561 g/mol. The minimum Gasteiger partial charge on any atom is -0.441 e. The minimum absolute atomic E-state index is 0.117. The highest BCUT2D eigenvalue weighted by molar-refractivity contribution is 5.85. The molecule has 2 aromatic rings. The molecule has 41 heavy (non-hydrogen) atoms. The van der Waals surface area contributed by atoms with E-state index in [1.165, 1.54) is 0 Å². The maximum absolute atomic E-state index is 12.5. The Morgan fingerprint density at radius 3 is 2.56 bits per heavy atom. The minimum atomic E-state index is -0.262. The van der Waals surface area contributed by atoms with E-state index in [0.29, 0.717) is 51.9 Å². The van der Waals surface area contributed by atoms with Crippen molar-refractivity contribution in [2.45, 2.75) is 50.9 Å². The molecule has 218 valence electrons. The van der Waals surface area contributed by atoms with Gasteiger partial charge in [-0.25, -0.2) is 9.31 Å². The Balaban J connectivity index is 1.18. The van der Waals surface area contributed by atoms with Crippen molar-refractivity contribution in [1.82, 2.24) is 19.4 Å². The molecule has 0 N–H and O–H groups in total. The quantitative estimate of drug-likeness (QED) is 0.528. The van der Waals surface area contributed by atoms with Crippen molar-refractivity contribution in [2.24, 2.45) is 5.92 Å². The Labute approximate surface area is 241 Å². The monoisotopic (exact) mass is 560 g/mol. The van der Waals surface area contributed by atoms with Crippen LogP contribution in [-0.2, 0) is 14.2 Å². The molecule has 0 bridgehead atoms. The number of fused-ring (bicyclic) bond motifs is 1. The number of piperidine rings is 1. The number of rotatable bonds is 6. The van der Waals surface area contributed by atoms with Crippen LogP contribution in [-0.4, -0.2) is 103 Å². The zero-order valence-corrected chi connectivity index (χ0v) is 24.3. The van der Waals surface area contributed by atoms with Crippen LogP contribution in [0.15, 0.2) is 42.3 Å². The normalized spacial score (nSPS) is 23.6. The molecule has 1 unspecified atom stereocenters. The molecule has 3 saturated heterocycles. The summed E-state index contributed by atoms with van der Waals surface area (Å²) in [5.41, 5.74) is 4.55. The molecule has 5 heterocycles.